The van der Waals surface area contributed by atoms with Crippen molar-refractivity contribution in [3.63, 3.8) is 0 Å². The van der Waals surface area contributed by atoms with Crippen LogP contribution in [0.1, 0.15) is 27.1 Å². The van der Waals surface area contributed by atoms with Crippen molar-refractivity contribution < 1.29 is 29.4 Å². The average Bonchev–Trinajstić information content (AvgIpc) is 2.62. The minimum Gasteiger partial charge on any atom is -0.478 e. The lowest BCUT2D eigenvalue weighted by Gasteiger charge is -2.24. The molecule has 8 nitrogen and oxygen atoms in total. The fourth-order valence-electron chi connectivity index (χ4n) is 2.52. The molecule has 27 heavy (non-hydrogen) atoms. The molecule has 0 spiro atoms. The van der Waals surface area contributed by atoms with E-state index in [9.17, 15) is 19.2 Å². The van der Waals surface area contributed by atoms with Crippen molar-refractivity contribution in [2.24, 2.45) is 0 Å². The van der Waals surface area contributed by atoms with Gasteiger partial charge in [-0.2, -0.15) is 0 Å². The number of benzene rings is 2. The molecular weight excluding hydrogens is 372 g/mol. The van der Waals surface area contributed by atoms with Gasteiger partial charge in [0.05, 0.1) is 22.1 Å². The van der Waals surface area contributed by atoms with Crippen LogP contribution in [0.15, 0.2) is 47.4 Å². The smallest absolute Gasteiger partial charge is 0.335 e. The average molecular weight is 386 g/mol. The van der Waals surface area contributed by atoms with E-state index in [1.165, 1.54) is 36.4 Å². The number of aromatic carboxylic acids is 2. The predicted molar refractivity (Wildman–Crippen MR) is 98.3 cm³/mol. The summed E-state index contributed by atoms with van der Waals surface area (Å²) in [6.45, 7) is 0. The zero-order chi connectivity index (χ0) is 19.6. The number of nitrogens with one attached hydrogen (secondary N) is 2. The fourth-order valence-corrected chi connectivity index (χ4v) is 3.67. The van der Waals surface area contributed by atoms with Gasteiger partial charge in [-0.1, -0.05) is 6.07 Å². The van der Waals surface area contributed by atoms with Crippen molar-refractivity contribution in [2.45, 2.75) is 16.6 Å². The molecule has 3 rings (SSSR count). The van der Waals surface area contributed by atoms with E-state index >= 15 is 0 Å². The zero-order valence-corrected chi connectivity index (χ0v) is 14.6. The van der Waals surface area contributed by atoms with Crippen LogP contribution >= 0.6 is 11.8 Å². The Morgan fingerprint density at radius 3 is 2.44 bits per heavy atom. The van der Waals surface area contributed by atoms with Gasteiger partial charge in [-0.05, 0) is 36.4 Å². The first-order chi connectivity index (χ1) is 12.8. The number of carboxylic acids is 2. The number of carboxylic acid groups (broad SMARTS) is 2. The predicted octanol–water partition coefficient (Wildman–Crippen LogP) is 2.52. The third-order valence-corrected chi connectivity index (χ3v) is 5.07. The highest BCUT2D eigenvalue weighted by Crippen LogP contribution is 2.37. The Kier molecular flexibility index (Phi) is 5.13. The molecule has 2 amide bonds. The van der Waals surface area contributed by atoms with E-state index < -0.39 is 23.1 Å². The van der Waals surface area contributed by atoms with E-state index in [0.717, 1.165) is 11.8 Å². The summed E-state index contributed by atoms with van der Waals surface area (Å²) in [5.74, 6) is -3.00. The first-order valence-corrected chi connectivity index (χ1v) is 8.69. The van der Waals surface area contributed by atoms with Crippen LogP contribution in [0, 0.1) is 0 Å². The maximum atomic E-state index is 12.2. The monoisotopic (exact) mass is 386 g/mol. The Bertz CT molecular complexity index is 959. The molecule has 0 fully saturated rings. The molecule has 9 heteroatoms. The Hall–Kier alpha value is -3.33. The normalized spacial score (nSPS) is 15.4. The van der Waals surface area contributed by atoms with Gasteiger partial charge in [0.15, 0.2) is 0 Å². The highest BCUT2D eigenvalue weighted by atomic mass is 32.2. The van der Waals surface area contributed by atoms with E-state index in [1.807, 2.05) is 0 Å². The van der Waals surface area contributed by atoms with Gasteiger partial charge in [-0.15, -0.1) is 11.8 Å². The summed E-state index contributed by atoms with van der Waals surface area (Å²) in [5.41, 5.74) is 0.939. The van der Waals surface area contributed by atoms with Gasteiger partial charge < -0.3 is 20.8 Å². The van der Waals surface area contributed by atoms with Crippen LogP contribution in [0.5, 0.6) is 0 Å². The molecule has 2 aromatic rings. The van der Waals surface area contributed by atoms with Crippen molar-refractivity contribution >= 4 is 46.9 Å². The lowest BCUT2D eigenvalue weighted by Crippen LogP contribution is -2.32. The molecule has 0 aliphatic carbocycles. The van der Waals surface area contributed by atoms with Crippen molar-refractivity contribution in [1.29, 1.82) is 0 Å². The summed E-state index contributed by atoms with van der Waals surface area (Å²) in [6, 6.07) is 10.1. The first kappa shape index (κ1) is 18.5. The van der Waals surface area contributed by atoms with E-state index in [0.29, 0.717) is 16.3 Å². The third-order valence-electron chi connectivity index (χ3n) is 3.81. The zero-order valence-electron chi connectivity index (χ0n) is 13.8. The molecule has 0 radical (unpaired) electrons. The Morgan fingerprint density at radius 2 is 1.74 bits per heavy atom. The number of hydrogen-bond donors (Lipinski definition) is 4. The van der Waals surface area contributed by atoms with Gasteiger partial charge in [0.2, 0.25) is 11.8 Å². The van der Waals surface area contributed by atoms with Crippen LogP contribution in [0.3, 0.4) is 0 Å². The Labute approximate surface area is 157 Å². The number of carbonyl (C=O) groups is 4. The molecule has 0 saturated heterocycles. The number of hydrogen-bond acceptors (Lipinski definition) is 5. The molecule has 1 heterocycles. The lowest BCUT2D eigenvalue weighted by molar-refractivity contribution is -0.120. The topological polar surface area (TPSA) is 133 Å². The molecule has 1 atom stereocenters. The van der Waals surface area contributed by atoms with Crippen molar-refractivity contribution in [3.8, 4) is 0 Å². The number of thioether (sulfide) groups is 1. The third kappa shape index (κ3) is 4.26. The minimum absolute atomic E-state index is 0.0349. The SMILES string of the molecule is O=C(C[C@H]1Sc2cc(C(=O)O)ccc2NC1=O)Nc1cccc(C(=O)O)c1. The fraction of sp³-hybridized carbons (Fsp3) is 0.111. The number of amides is 2. The van der Waals surface area contributed by atoms with Gasteiger partial charge in [0.1, 0.15) is 0 Å². The van der Waals surface area contributed by atoms with Crippen molar-refractivity contribution in [1.82, 2.24) is 0 Å². The maximum absolute atomic E-state index is 12.2. The summed E-state index contributed by atoms with van der Waals surface area (Å²) >= 11 is 1.11. The van der Waals surface area contributed by atoms with Gasteiger partial charge in [0, 0.05) is 17.0 Å². The summed E-state index contributed by atoms with van der Waals surface area (Å²) in [5, 5.41) is 22.6. The van der Waals surface area contributed by atoms with Crippen LogP contribution in [0.25, 0.3) is 0 Å². The minimum atomic E-state index is -1.11. The van der Waals surface area contributed by atoms with Gasteiger partial charge in [0.25, 0.3) is 0 Å². The first-order valence-electron chi connectivity index (χ1n) is 7.81. The summed E-state index contributed by atoms with van der Waals surface area (Å²) in [4.78, 5) is 47.1. The van der Waals surface area contributed by atoms with Crippen LogP contribution < -0.4 is 10.6 Å². The lowest BCUT2D eigenvalue weighted by atomic mass is 10.2. The number of fused-ring (bicyclic) bond motifs is 1. The largest absolute Gasteiger partial charge is 0.478 e. The highest BCUT2D eigenvalue weighted by molar-refractivity contribution is 8.01. The molecule has 1 aliphatic heterocycles. The molecule has 0 aromatic heterocycles. The number of carbonyl (C=O) groups excluding carboxylic acids is 2. The molecule has 0 bridgehead atoms. The molecular formula is C18H14N2O6S. The van der Waals surface area contributed by atoms with Crippen molar-refractivity contribution in [3.05, 3.63) is 53.6 Å². The quantitative estimate of drug-likeness (QED) is 0.620. The molecule has 2 aromatic carbocycles. The van der Waals surface area contributed by atoms with Crippen LogP contribution in [0.4, 0.5) is 11.4 Å². The van der Waals surface area contributed by atoms with E-state index in [4.69, 9.17) is 10.2 Å². The maximum Gasteiger partial charge on any atom is 0.335 e. The Morgan fingerprint density at radius 1 is 1.04 bits per heavy atom. The second-order valence-electron chi connectivity index (χ2n) is 5.75. The molecule has 138 valence electrons. The highest BCUT2D eigenvalue weighted by Gasteiger charge is 2.29. The van der Waals surface area contributed by atoms with Gasteiger partial charge in [-0.25, -0.2) is 9.59 Å². The van der Waals surface area contributed by atoms with Crippen molar-refractivity contribution in [2.75, 3.05) is 10.6 Å². The number of rotatable bonds is 5. The molecule has 4 N–H and O–H groups in total. The molecule has 1 aliphatic rings. The van der Waals surface area contributed by atoms with E-state index in [2.05, 4.69) is 10.6 Å². The van der Waals surface area contributed by atoms with Crippen LogP contribution in [-0.4, -0.2) is 39.2 Å². The van der Waals surface area contributed by atoms with Gasteiger partial charge >= 0.3 is 11.9 Å². The van der Waals surface area contributed by atoms with E-state index in [1.54, 1.807) is 6.07 Å². The second kappa shape index (κ2) is 7.50. The summed E-state index contributed by atoms with van der Waals surface area (Å²) < 4.78 is 0. The van der Waals surface area contributed by atoms with E-state index in [-0.39, 0.29) is 23.5 Å². The van der Waals surface area contributed by atoms with Crippen LogP contribution in [0.2, 0.25) is 0 Å². The Balaban J connectivity index is 1.70. The standard InChI is InChI=1S/C18H14N2O6S/c21-15(19-11-3-1-2-9(6-11)17(23)24)8-14-16(22)20-12-5-4-10(18(25)26)7-13(12)27-14/h1-7,14H,8H2,(H,19,21)(H,20,22)(H,23,24)(H,25,26)/t14-/m1/s1. The summed E-state index contributed by atoms with van der Waals surface area (Å²) in [6.07, 6.45) is -0.148. The number of anilines is 2. The second-order valence-corrected chi connectivity index (χ2v) is 6.99. The summed E-state index contributed by atoms with van der Waals surface area (Å²) in [7, 11) is 0. The molecule has 0 unspecified atom stereocenters. The molecule has 0 saturated carbocycles. The van der Waals surface area contributed by atoms with Gasteiger partial charge in [-0.3, -0.25) is 9.59 Å². The van der Waals surface area contributed by atoms with Crippen LogP contribution in [-0.2, 0) is 9.59 Å².